The number of imidazole rings is 1. The lowest BCUT2D eigenvalue weighted by molar-refractivity contribution is -0.123. The molecule has 0 atom stereocenters. The summed E-state index contributed by atoms with van der Waals surface area (Å²) < 4.78 is 32.4. The van der Waals surface area contributed by atoms with Gasteiger partial charge in [0.05, 0.1) is 50.6 Å². The van der Waals surface area contributed by atoms with Gasteiger partial charge in [-0.3, -0.25) is 19.5 Å². The summed E-state index contributed by atoms with van der Waals surface area (Å²) in [5.74, 6) is -2.97. The number of rotatable bonds is 8. The summed E-state index contributed by atoms with van der Waals surface area (Å²) in [5.41, 5.74) is 2.51. The molecule has 0 unspecified atom stereocenters. The van der Waals surface area contributed by atoms with Crippen molar-refractivity contribution in [2.75, 3.05) is 29.9 Å². The fourth-order valence-corrected chi connectivity index (χ4v) is 8.29. The number of hydrogen-bond donors (Lipinski definition) is 2. The Bertz CT molecular complexity index is 2030. The Morgan fingerprint density at radius 3 is 2.41 bits per heavy atom. The van der Waals surface area contributed by atoms with Crippen LogP contribution < -0.4 is 15.5 Å². The Morgan fingerprint density at radius 1 is 1.04 bits per heavy atom. The third kappa shape index (κ3) is 5.93. The van der Waals surface area contributed by atoms with E-state index in [1.54, 1.807) is 19.4 Å². The molecule has 5 heterocycles. The van der Waals surface area contributed by atoms with Crippen LogP contribution in [0.25, 0.3) is 22.3 Å². The van der Waals surface area contributed by atoms with Gasteiger partial charge in [0.1, 0.15) is 5.52 Å². The Hall–Kier alpha value is -4.16. The first-order chi connectivity index (χ1) is 24.2. The molecule has 3 aliphatic rings. The van der Waals surface area contributed by atoms with Crippen LogP contribution >= 0.6 is 11.6 Å². The monoisotopic (exact) mass is 718 g/mol. The smallest absolute Gasteiger partial charge is 0.252 e. The van der Waals surface area contributed by atoms with Gasteiger partial charge in [-0.25, -0.2) is 18.7 Å². The number of amides is 2. The van der Waals surface area contributed by atoms with E-state index in [-0.39, 0.29) is 47.1 Å². The summed E-state index contributed by atoms with van der Waals surface area (Å²) in [4.78, 5) is 45.7. The van der Waals surface area contributed by atoms with Crippen LogP contribution in [0.15, 0.2) is 30.7 Å². The van der Waals surface area contributed by atoms with Crippen LogP contribution in [0.2, 0.25) is 5.02 Å². The normalized spacial score (nSPS) is 21.9. The lowest BCUT2D eigenvalue weighted by Gasteiger charge is -2.54. The number of nitrogens with one attached hydrogen (secondary N) is 2. The molecule has 0 radical (unpaired) electrons. The number of likely N-dealkylation sites (tertiary alicyclic amines) is 1. The quantitative estimate of drug-likeness (QED) is 0.178. The lowest BCUT2D eigenvalue weighted by atomic mass is 9.71. The molecule has 1 saturated heterocycles. The summed E-state index contributed by atoms with van der Waals surface area (Å²) in [5, 5.41) is 4.94. The maximum atomic E-state index is 15.4. The predicted molar refractivity (Wildman–Crippen MR) is 196 cm³/mol. The number of fused-ring (bicyclic) bond motifs is 2. The fourth-order valence-electron chi connectivity index (χ4n) is 8.07. The Kier molecular flexibility index (Phi) is 9.06. The number of halogens is 3. The first-order valence-corrected chi connectivity index (χ1v) is 18.3. The number of anilines is 3. The number of benzene rings is 1. The van der Waals surface area contributed by atoms with Gasteiger partial charge in [-0.15, -0.1) is 0 Å². The van der Waals surface area contributed by atoms with Gasteiger partial charge in [-0.1, -0.05) is 24.4 Å². The molecule has 7 rings (SSSR count). The number of carbonyl (C=O) groups excluding carboxylic acids is 2. The van der Waals surface area contributed by atoms with Gasteiger partial charge in [-0.05, 0) is 98.5 Å². The highest BCUT2D eigenvalue weighted by atomic mass is 35.5. The zero-order chi connectivity index (χ0) is 36.4. The van der Waals surface area contributed by atoms with Gasteiger partial charge in [0, 0.05) is 35.9 Å². The van der Waals surface area contributed by atoms with Gasteiger partial charge in [0.25, 0.3) is 5.91 Å². The van der Waals surface area contributed by atoms with E-state index in [9.17, 15) is 9.59 Å². The van der Waals surface area contributed by atoms with Gasteiger partial charge in [-0.2, -0.15) is 0 Å². The molecule has 0 bridgehead atoms. The molecule has 2 amide bonds. The molecule has 10 nitrogen and oxygen atoms in total. The van der Waals surface area contributed by atoms with E-state index in [0.717, 1.165) is 37.3 Å². The summed E-state index contributed by atoms with van der Waals surface area (Å²) in [6.07, 6.45) is 10.1. The summed E-state index contributed by atoms with van der Waals surface area (Å²) in [7, 11) is 0. The zero-order valence-corrected chi connectivity index (χ0v) is 30.8. The van der Waals surface area contributed by atoms with E-state index >= 15 is 8.78 Å². The molecule has 2 aliphatic heterocycles. The first-order valence-electron chi connectivity index (χ1n) is 17.9. The van der Waals surface area contributed by atoms with Crippen LogP contribution in [0.4, 0.5) is 26.0 Å². The van der Waals surface area contributed by atoms with E-state index in [2.05, 4.69) is 27.4 Å². The highest BCUT2D eigenvalue weighted by Crippen LogP contribution is 2.50. The maximum absolute atomic E-state index is 15.4. The topological polar surface area (TPSA) is 108 Å². The van der Waals surface area contributed by atoms with Crippen molar-refractivity contribution in [2.24, 2.45) is 0 Å². The number of pyridine rings is 2. The third-order valence-corrected chi connectivity index (χ3v) is 11.3. The van der Waals surface area contributed by atoms with E-state index < -0.39 is 28.0 Å². The van der Waals surface area contributed by atoms with Crippen LogP contribution in [0.5, 0.6) is 0 Å². The number of hydrogen-bond acceptors (Lipinski definition) is 7. The summed E-state index contributed by atoms with van der Waals surface area (Å²) in [6.45, 7) is 14.3. The average Bonchev–Trinajstić information content (AvgIpc) is 3.44. The molecule has 270 valence electrons. The van der Waals surface area contributed by atoms with Crippen molar-refractivity contribution in [1.29, 1.82) is 0 Å². The molecule has 3 aromatic heterocycles. The van der Waals surface area contributed by atoms with Crippen LogP contribution in [0, 0.1) is 11.6 Å². The van der Waals surface area contributed by atoms with Gasteiger partial charge < -0.3 is 20.1 Å². The highest BCUT2D eigenvalue weighted by molar-refractivity contribution is 6.34. The second-order valence-corrected chi connectivity index (χ2v) is 15.6. The molecule has 51 heavy (non-hydrogen) atoms. The Labute approximate surface area is 302 Å². The largest absolute Gasteiger partial charge is 0.352 e. The molecular formula is C38H45ClF2N8O2. The minimum atomic E-state index is -1.34. The average molecular weight is 719 g/mol. The van der Waals surface area contributed by atoms with Crippen molar-refractivity contribution >= 4 is 51.6 Å². The minimum Gasteiger partial charge on any atom is -0.352 e. The van der Waals surface area contributed by atoms with Crippen LogP contribution in [-0.2, 0) is 10.2 Å². The molecule has 1 aliphatic carbocycles. The second-order valence-electron chi connectivity index (χ2n) is 15.2. The standard InChI is InChI=1S/C38H45ClF2N8O2/c1-7-42-35(50)24-15-26(30(40)31(41)29(24)39)46-34-32-27(44-20-48(32)21(2)3)16-25(45-34)22-14-28-33(43-19-22)37(4,5)36(51)49(28)23-17-38(6,18-23)47-12-10-8-9-11-13-47/h14-16,19-21,23H,7-13,17-18H2,1-6H3,(H,42,50)(H,45,46)/t23-,38+. The van der Waals surface area contributed by atoms with Crippen molar-refractivity contribution in [3.8, 4) is 11.3 Å². The molecule has 0 spiro atoms. The lowest BCUT2D eigenvalue weighted by Crippen LogP contribution is -2.63. The molecule has 1 saturated carbocycles. The van der Waals surface area contributed by atoms with Crippen LogP contribution in [0.1, 0.15) is 102 Å². The molecule has 4 aromatic rings. The third-order valence-electron chi connectivity index (χ3n) is 10.9. The van der Waals surface area contributed by atoms with Crippen molar-refractivity contribution in [3.05, 3.63) is 58.6 Å². The second kappa shape index (κ2) is 13.1. The van der Waals surface area contributed by atoms with Crippen molar-refractivity contribution in [3.63, 3.8) is 0 Å². The zero-order valence-electron chi connectivity index (χ0n) is 30.0. The molecular weight excluding hydrogens is 674 g/mol. The van der Waals surface area contributed by atoms with E-state index in [4.69, 9.17) is 21.6 Å². The first kappa shape index (κ1) is 35.3. The van der Waals surface area contributed by atoms with Gasteiger partial charge >= 0.3 is 0 Å². The summed E-state index contributed by atoms with van der Waals surface area (Å²) in [6, 6.07) is 4.99. The molecule has 2 fully saturated rings. The van der Waals surface area contributed by atoms with Gasteiger partial charge in [0.15, 0.2) is 17.5 Å². The molecule has 1 aromatic carbocycles. The van der Waals surface area contributed by atoms with E-state index in [1.165, 1.54) is 31.7 Å². The van der Waals surface area contributed by atoms with Crippen molar-refractivity contribution < 1.29 is 18.4 Å². The van der Waals surface area contributed by atoms with Crippen molar-refractivity contribution in [2.45, 2.75) is 103 Å². The van der Waals surface area contributed by atoms with Crippen LogP contribution in [0.3, 0.4) is 0 Å². The Balaban J connectivity index is 1.28. The molecule has 2 N–H and O–H groups in total. The minimum absolute atomic E-state index is 0.0353. The van der Waals surface area contributed by atoms with E-state index in [1.807, 2.05) is 49.3 Å². The number of nitrogens with zero attached hydrogens (tertiary/aromatic N) is 6. The van der Waals surface area contributed by atoms with E-state index in [0.29, 0.717) is 22.3 Å². The van der Waals surface area contributed by atoms with Crippen molar-refractivity contribution in [1.82, 2.24) is 29.7 Å². The Morgan fingerprint density at radius 2 is 1.75 bits per heavy atom. The predicted octanol–water partition coefficient (Wildman–Crippen LogP) is 7.92. The SMILES string of the molecule is CCNC(=O)c1cc(Nc2nc(-c3cnc4c(c3)N([C@H]3C[C@@](C)(N5CCCCCC5)C3)C(=O)C4(C)C)cc3ncn(C(C)C)c23)c(F)c(F)c1Cl. The molecule has 13 heteroatoms. The highest BCUT2D eigenvalue weighted by Gasteiger charge is 2.54. The number of aromatic nitrogens is 4. The number of carbonyl (C=O) groups is 2. The maximum Gasteiger partial charge on any atom is 0.252 e. The van der Waals surface area contributed by atoms with Gasteiger partial charge in [0.2, 0.25) is 5.91 Å². The van der Waals surface area contributed by atoms with Crippen LogP contribution in [-0.4, -0.2) is 67.4 Å². The fraction of sp³-hybridized carbons (Fsp3) is 0.500. The summed E-state index contributed by atoms with van der Waals surface area (Å²) >= 11 is 6.07.